The summed E-state index contributed by atoms with van der Waals surface area (Å²) in [7, 11) is 0. The van der Waals surface area contributed by atoms with Gasteiger partial charge in [-0.3, -0.25) is 0 Å². The molecule has 4 nitrogen and oxygen atoms in total. The quantitative estimate of drug-likeness (QED) is 0.564. The third-order valence-corrected chi connectivity index (χ3v) is 4.30. The highest BCUT2D eigenvalue weighted by Gasteiger charge is 2.10. The van der Waals surface area contributed by atoms with Crippen LogP contribution in [0.3, 0.4) is 0 Å². The standard InChI is InChI=1S/C21H16N4/c1-15-23-20-12-11-19(13-22)24-21(20)25(15)14-16-7-9-18(10-8-16)17-5-3-2-4-6-17/h2-12H,14H2,1H3. The lowest BCUT2D eigenvalue weighted by Gasteiger charge is -2.08. The molecule has 4 rings (SSSR count). The first-order chi connectivity index (χ1) is 12.2. The van der Waals surface area contributed by atoms with Crippen LogP contribution >= 0.6 is 0 Å². The molecular formula is C21H16N4. The fourth-order valence-electron chi connectivity index (χ4n) is 2.98. The van der Waals surface area contributed by atoms with E-state index in [0.717, 1.165) is 17.0 Å². The number of hydrogen-bond donors (Lipinski definition) is 0. The summed E-state index contributed by atoms with van der Waals surface area (Å²) >= 11 is 0. The summed E-state index contributed by atoms with van der Waals surface area (Å²) < 4.78 is 2.05. The Morgan fingerprint density at radius 1 is 0.880 bits per heavy atom. The molecule has 0 radical (unpaired) electrons. The summed E-state index contributed by atoms with van der Waals surface area (Å²) in [5.41, 5.74) is 5.56. The Labute approximate surface area is 146 Å². The lowest BCUT2D eigenvalue weighted by Crippen LogP contribution is -2.03. The van der Waals surface area contributed by atoms with Crippen LogP contribution in [0.4, 0.5) is 0 Å². The van der Waals surface area contributed by atoms with E-state index in [1.165, 1.54) is 16.7 Å². The number of aryl methyl sites for hydroxylation is 1. The highest BCUT2D eigenvalue weighted by Crippen LogP contribution is 2.21. The van der Waals surface area contributed by atoms with Gasteiger partial charge in [-0.25, -0.2) is 9.97 Å². The molecule has 0 saturated carbocycles. The van der Waals surface area contributed by atoms with Crippen molar-refractivity contribution in [1.82, 2.24) is 14.5 Å². The Morgan fingerprint density at radius 3 is 2.32 bits per heavy atom. The molecule has 4 aromatic rings. The summed E-state index contributed by atoms with van der Waals surface area (Å²) in [5, 5.41) is 9.08. The second-order valence-corrected chi connectivity index (χ2v) is 5.96. The first-order valence-corrected chi connectivity index (χ1v) is 8.13. The third-order valence-electron chi connectivity index (χ3n) is 4.30. The van der Waals surface area contributed by atoms with E-state index in [1.807, 2.05) is 35.8 Å². The van der Waals surface area contributed by atoms with Gasteiger partial charge in [0.1, 0.15) is 23.1 Å². The molecule has 0 atom stereocenters. The number of nitriles is 1. The first kappa shape index (κ1) is 15.1. The lowest BCUT2D eigenvalue weighted by atomic mass is 10.0. The summed E-state index contributed by atoms with van der Waals surface area (Å²) in [6.45, 7) is 2.64. The highest BCUT2D eigenvalue weighted by molar-refractivity contribution is 5.72. The van der Waals surface area contributed by atoms with E-state index >= 15 is 0 Å². The van der Waals surface area contributed by atoms with Crippen molar-refractivity contribution < 1.29 is 0 Å². The number of imidazole rings is 1. The minimum Gasteiger partial charge on any atom is -0.308 e. The molecule has 0 bridgehead atoms. The number of rotatable bonds is 3. The molecule has 0 spiro atoms. The number of fused-ring (bicyclic) bond motifs is 1. The fraction of sp³-hybridized carbons (Fsp3) is 0.0952. The maximum absolute atomic E-state index is 9.08. The van der Waals surface area contributed by atoms with Crippen LogP contribution in [0.15, 0.2) is 66.7 Å². The molecular weight excluding hydrogens is 308 g/mol. The van der Waals surface area contributed by atoms with Gasteiger partial charge in [0.05, 0.1) is 6.54 Å². The Hall–Kier alpha value is -3.45. The van der Waals surface area contributed by atoms with Gasteiger partial charge in [0.25, 0.3) is 0 Å². The van der Waals surface area contributed by atoms with Crippen LogP contribution in [-0.4, -0.2) is 14.5 Å². The van der Waals surface area contributed by atoms with Crippen molar-refractivity contribution in [1.29, 1.82) is 5.26 Å². The molecule has 2 aromatic carbocycles. The number of aromatic nitrogens is 3. The second-order valence-electron chi connectivity index (χ2n) is 5.96. The van der Waals surface area contributed by atoms with E-state index in [4.69, 9.17) is 5.26 Å². The number of nitrogens with zero attached hydrogens (tertiary/aromatic N) is 4. The fourth-order valence-corrected chi connectivity index (χ4v) is 2.98. The van der Waals surface area contributed by atoms with Crippen LogP contribution in [0.25, 0.3) is 22.3 Å². The highest BCUT2D eigenvalue weighted by atomic mass is 15.1. The Morgan fingerprint density at radius 2 is 1.60 bits per heavy atom. The molecule has 2 heterocycles. The summed E-state index contributed by atoms with van der Waals surface area (Å²) in [6, 6.07) is 24.5. The molecule has 0 aliphatic carbocycles. The molecule has 0 N–H and O–H groups in total. The van der Waals surface area contributed by atoms with E-state index < -0.39 is 0 Å². The van der Waals surface area contributed by atoms with Gasteiger partial charge in [0.15, 0.2) is 5.65 Å². The molecule has 0 saturated heterocycles. The zero-order chi connectivity index (χ0) is 17.2. The lowest BCUT2D eigenvalue weighted by molar-refractivity contribution is 0.777. The van der Waals surface area contributed by atoms with Gasteiger partial charge in [-0.05, 0) is 35.7 Å². The van der Waals surface area contributed by atoms with E-state index in [0.29, 0.717) is 12.2 Å². The first-order valence-electron chi connectivity index (χ1n) is 8.13. The molecule has 25 heavy (non-hydrogen) atoms. The zero-order valence-electron chi connectivity index (χ0n) is 13.8. The molecule has 4 heteroatoms. The zero-order valence-corrected chi connectivity index (χ0v) is 13.8. The monoisotopic (exact) mass is 324 g/mol. The number of pyridine rings is 1. The molecule has 0 aliphatic rings. The Bertz CT molecular complexity index is 1070. The smallest absolute Gasteiger partial charge is 0.161 e. The maximum Gasteiger partial charge on any atom is 0.161 e. The van der Waals surface area contributed by atoms with E-state index in [1.54, 1.807) is 6.07 Å². The van der Waals surface area contributed by atoms with Gasteiger partial charge in [-0.15, -0.1) is 0 Å². The number of benzene rings is 2. The molecule has 120 valence electrons. The van der Waals surface area contributed by atoms with Gasteiger partial charge in [-0.1, -0.05) is 54.6 Å². The van der Waals surface area contributed by atoms with Crippen molar-refractivity contribution in [2.45, 2.75) is 13.5 Å². The van der Waals surface area contributed by atoms with Crippen LogP contribution in [0.1, 0.15) is 17.1 Å². The SMILES string of the molecule is Cc1nc2ccc(C#N)nc2n1Cc1ccc(-c2ccccc2)cc1. The van der Waals surface area contributed by atoms with Crippen LogP contribution < -0.4 is 0 Å². The van der Waals surface area contributed by atoms with Crippen molar-refractivity contribution in [3.05, 3.63) is 83.8 Å². The van der Waals surface area contributed by atoms with Gasteiger partial charge >= 0.3 is 0 Å². The van der Waals surface area contributed by atoms with Crippen LogP contribution in [0, 0.1) is 18.3 Å². The van der Waals surface area contributed by atoms with Gasteiger partial charge in [0.2, 0.25) is 0 Å². The summed E-state index contributed by atoms with van der Waals surface area (Å²) in [4.78, 5) is 8.96. The average molecular weight is 324 g/mol. The summed E-state index contributed by atoms with van der Waals surface area (Å²) in [5.74, 6) is 0.893. The molecule has 0 unspecified atom stereocenters. The second kappa shape index (κ2) is 6.21. The molecule has 0 fully saturated rings. The maximum atomic E-state index is 9.08. The topological polar surface area (TPSA) is 54.5 Å². The van der Waals surface area contributed by atoms with Gasteiger partial charge in [-0.2, -0.15) is 5.26 Å². The van der Waals surface area contributed by atoms with Crippen LogP contribution in [0.2, 0.25) is 0 Å². The van der Waals surface area contributed by atoms with Gasteiger partial charge in [0, 0.05) is 0 Å². The predicted octanol–water partition coefficient (Wildman–Crippen LogP) is 4.33. The van der Waals surface area contributed by atoms with Crippen molar-refractivity contribution in [3.8, 4) is 17.2 Å². The van der Waals surface area contributed by atoms with E-state index in [9.17, 15) is 0 Å². The molecule has 2 aromatic heterocycles. The van der Waals surface area contributed by atoms with Crippen LogP contribution in [0.5, 0.6) is 0 Å². The van der Waals surface area contributed by atoms with Crippen molar-refractivity contribution in [3.63, 3.8) is 0 Å². The minimum absolute atomic E-state index is 0.410. The minimum atomic E-state index is 0.410. The normalized spacial score (nSPS) is 10.7. The largest absolute Gasteiger partial charge is 0.308 e. The Kier molecular flexibility index (Phi) is 3.75. The van der Waals surface area contributed by atoms with Crippen molar-refractivity contribution >= 4 is 11.2 Å². The molecule has 0 aliphatic heterocycles. The predicted molar refractivity (Wildman–Crippen MR) is 98.0 cm³/mol. The molecule has 0 amide bonds. The van der Waals surface area contributed by atoms with Crippen molar-refractivity contribution in [2.75, 3.05) is 0 Å². The number of hydrogen-bond acceptors (Lipinski definition) is 3. The van der Waals surface area contributed by atoms with Gasteiger partial charge < -0.3 is 4.57 Å². The summed E-state index contributed by atoms with van der Waals surface area (Å²) in [6.07, 6.45) is 0. The third kappa shape index (κ3) is 2.88. The average Bonchev–Trinajstić information content (AvgIpc) is 2.97. The Balaban J connectivity index is 1.67. The van der Waals surface area contributed by atoms with Crippen LogP contribution in [-0.2, 0) is 6.54 Å². The van der Waals surface area contributed by atoms with E-state index in [-0.39, 0.29) is 0 Å². The van der Waals surface area contributed by atoms with E-state index in [2.05, 4.69) is 52.4 Å². The van der Waals surface area contributed by atoms with Crippen molar-refractivity contribution in [2.24, 2.45) is 0 Å².